The Morgan fingerprint density at radius 1 is 1.21 bits per heavy atom. The lowest BCUT2D eigenvalue weighted by Gasteiger charge is -2.30. The first-order valence-electron chi connectivity index (χ1n) is 4.70. The van der Waals surface area contributed by atoms with Crippen LogP contribution in [0.1, 0.15) is 33.1 Å². The second-order valence-electron chi connectivity index (χ2n) is 3.93. The lowest BCUT2D eigenvalue weighted by Crippen LogP contribution is -2.42. The monoisotopic (exact) mass is 213 g/mol. The number of hydrogen-bond donors (Lipinski definition) is 2. The van der Waals surface area contributed by atoms with Crippen LogP contribution in [0.25, 0.3) is 0 Å². The highest BCUT2D eigenvalue weighted by atomic mass is 19.4. The van der Waals surface area contributed by atoms with Crippen molar-refractivity contribution in [3.05, 3.63) is 0 Å². The topological polar surface area (TPSA) is 46.2 Å². The highest BCUT2D eigenvalue weighted by Crippen LogP contribution is 2.27. The van der Waals surface area contributed by atoms with E-state index in [0.717, 1.165) is 0 Å². The Morgan fingerprint density at radius 2 is 1.71 bits per heavy atom. The normalized spacial score (nSPS) is 17.1. The minimum atomic E-state index is -4.15. The Bertz CT molecular complexity index is 170. The van der Waals surface area contributed by atoms with Gasteiger partial charge in [-0.1, -0.05) is 13.8 Å². The van der Waals surface area contributed by atoms with E-state index in [4.69, 9.17) is 5.73 Å². The van der Waals surface area contributed by atoms with Crippen molar-refractivity contribution < 1.29 is 18.3 Å². The van der Waals surface area contributed by atoms with Crippen molar-refractivity contribution in [1.82, 2.24) is 0 Å². The highest BCUT2D eigenvalue weighted by Gasteiger charge is 2.32. The first kappa shape index (κ1) is 13.7. The summed E-state index contributed by atoms with van der Waals surface area (Å²) in [5, 5.41) is 9.80. The van der Waals surface area contributed by atoms with E-state index >= 15 is 0 Å². The van der Waals surface area contributed by atoms with Gasteiger partial charge in [-0.15, -0.1) is 0 Å². The highest BCUT2D eigenvalue weighted by molar-refractivity contribution is 4.82. The van der Waals surface area contributed by atoms with Gasteiger partial charge in [0.05, 0.1) is 5.60 Å². The third kappa shape index (κ3) is 4.81. The average Bonchev–Trinajstić information content (AvgIpc) is 2.01. The summed E-state index contributed by atoms with van der Waals surface area (Å²) in [6.07, 6.45) is -4.98. The van der Waals surface area contributed by atoms with Crippen LogP contribution in [0.2, 0.25) is 0 Å². The maximum atomic E-state index is 11.8. The first-order chi connectivity index (χ1) is 6.21. The molecule has 1 unspecified atom stereocenters. The molecule has 3 N–H and O–H groups in total. The second-order valence-corrected chi connectivity index (χ2v) is 3.93. The molecule has 0 saturated heterocycles. The van der Waals surface area contributed by atoms with Crippen molar-refractivity contribution in [2.75, 3.05) is 6.54 Å². The van der Waals surface area contributed by atoms with Crippen LogP contribution >= 0.6 is 0 Å². The van der Waals surface area contributed by atoms with Gasteiger partial charge >= 0.3 is 6.18 Å². The molecule has 0 aromatic carbocycles. The largest absolute Gasteiger partial charge is 0.389 e. The standard InChI is InChI=1S/C9H18F3NO/c1-7(2)8(14,6-13)4-3-5-9(10,11)12/h7,14H,3-6,13H2,1-2H3. The number of rotatable bonds is 5. The van der Waals surface area contributed by atoms with Crippen molar-refractivity contribution in [2.24, 2.45) is 11.7 Å². The molecule has 0 aliphatic rings. The Labute approximate surface area is 82.3 Å². The number of aliphatic hydroxyl groups is 1. The number of alkyl halides is 3. The van der Waals surface area contributed by atoms with Crippen molar-refractivity contribution in [2.45, 2.75) is 44.9 Å². The fourth-order valence-electron chi connectivity index (χ4n) is 1.22. The lowest BCUT2D eigenvalue weighted by molar-refractivity contribution is -0.138. The van der Waals surface area contributed by atoms with Gasteiger partial charge in [0.1, 0.15) is 0 Å². The van der Waals surface area contributed by atoms with Gasteiger partial charge in [-0.3, -0.25) is 0 Å². The molecule has 0 saturated carbocycles. The molecule has 0 radical (unpaired) electrons. The van der Waals surface area contributed by atoms with Crippen LogP contribution in [0.5, 0.6) is 0 Å². The van der Waals surface area contributed by atoms with Crippen LogP contribution in [-0.2, 0) is 0 Å². The maximum absolute atomic E-state index is 11.8. The molecule has 86 valence electrons. The summed E-state index contributed by atoms with van der Waals surface area (Å²) >= 11 is 0. The minimum absolute atomic E-state index is 0.00250. The summed E-state index contributed by atoms with van der Waals surface area (Å²) < 4.78 is 35.5. The zero-order valence-corrected chi connectivity index (χ0v) is 8.56. The van der Waals surface area contributed by atoms with Gasteiger partial charge in [0.2, 0.25) is 0 Å². The molecular formula is C9H18F3NO. The summed E-state index contributed by atoms with van der Waals surface area (Å²) in [6, 6.07) is 0. The summed E-state index contributed by atoms with van der Waals surface area (Å²) in [4.78, 5) is 0. The Kier molecular flexibility index (Phi) is 4.88. The number of nitrogens with two attached hydrogens (primary N) is 1. The molecule has 0 rings (SSSR count). The quantitative estimate of drug-likeness (QED) is 0.734. The summed E-state index contributed by atoms with van der Waals surface area (Å²) in [5.74, 6) is -0.124. The van der Waals surface area contributed by atoms with Crippen molar-refractivity contribution in [1.29, 1.82) is 0 Å². The van der Waals surface area contributed by atoms with E-state index in [9.17, 15) is 18.3 Å². The van der Waals surface area contributed by atoms with Crippen LogP contribution in [0.15, 0.2) is 0 Å². The van der Waals surface area contributed by atoms with Gasteiger partial charge in [0.15, 0.2) is 0 Å². The van der Waals surface area contributed by atoms with E-state index in [1.165, 1.54) is 0 Å². The van der Waals surface area contributed by atoms with Crippen LogP contribution in [0, 0.1) is 5.92 Å². The van der Waals surface area contributed by atoms with Crippen molar-refractivity contribution in [3.8, 4) is 0 Å². The van der Waals surface area contributed by atoms with Gasteiger partial charge in [-0.05, 0) is 18.8 Å². The molecule has 0 amide bonds. The molecule has 2 nitrogen and oxygen atoms in total. The zero-order valence-electron chi connectivity index (χ0n) is 8.56. The Morgan fingerprint density at radius 3 is 2.00 bits per heavy atom. The summed E-state index contributed by atoms with van der Waals surface area (Å²) in [6.45, 7) is 3.50. The molecule has 0 spiro atoms. The molecule has 0 aromatic heterocycles. The lowest BCUT2D eigenvalue weighted by atomic mass is 9.85. The summed E-state index contributed by atoms with van der Waals surface area (Å²) in [5.41, 5.74) is 4.17. The Hall–Kier alpha value is -0.290. The van der Waals surface area contributed by atoms with E-state index in [2.05, 4.69) is 0 Å². The number of halogens is 3. The SMILES string of the molecule is CC(C)C(O)(CN)CCCC(F)(F)F. The predicted octanol–water partition coefficient (Wildman–Crippen LogP) is 2.06. The van der Waals surface area contributed by atoms with Gasteiger partial charge in [-0.2, -0.15) is 13.2 Å². The molecular weight excluding hydrogens is 195 g/mol. The second kappa shape index (κ2) is 4.98. The molecule has 1 atom stereocenters. The molecule has 0 bridgehead atoms. The number of hydrogen-bond acceptors (Lipinski definition) is 2. The van der Waals surface area contributed by atoms with E-state index in [1.807, 2.05) is 0 Å². The smallest absolute Gasteiger partial charge is 0.388 e. The van der Waals surface area contributed by atoms with Crippen LogP contribution in [-0.4, -0.2) is 23.4 Å². The van der Waals surface area contributed by atoms with Gasteiger partial charge < -0.3 is 10.8 Å². The molecule has 14 heavy (non-hydrogen) atoms. The molecule has 0 heterocycles. The van der Waals surface area contributed by atoms with Crippen molar-refractivity contribution >= 4 is 0 Å². The van der Waals surface area contributed by atoms with Crippen molar-refractivity contribution in [3.63, 3.8) is 0 Å². The predicted molar refractivity (Wildman–Crippen MR) is 48.7 cm³/mol. The van der Waals surface area contributed by atoms with Gasteiger partial charge in [0.25, 0.3) is 0 Å². The van der Waals surface area contributed by atoms with Gasteiger partial charge in [0, 0.05) is 13.0 Å². The fourth-order valence-corrected chi connectivity index (χ4v) is 1.22. The molecule has 0 fully saturated rings. The molecule has 0 aliphatic heterocycles. The van der Waals surface area contributed by atoms with Crippen LogP contribution < -0.4 is 5.73 Å². The third-order valence-electron chi connectivity index (χ3n) is 2.50. The third-order valence-corrected chi connectivity index (χ3v) is 2.50. The fraction of sp³-hybridized carbons (Fsp3) is 1.00. The van der Waals surface area contributed by atoms with E-state index in [1.54, 1.807) is 13.8 Å². The maximum Gasteiger partial charge on any atom is 0.389 e. The molecule has 0 aromatic rings. The van der Waals surface area contributed by atoms with E-state index in [0.29, 0.717) is 0 Å². The van der Waals surface area contributed by atoms with Crippen LogP contribution in [0.4, 0.5) is 13.2 Å². The van der Waals surface area contributed by atoms with Gasteiger partial charge in [-0.25, -0.2) is 0 Å². The first-order valence-corrected chi connectivity index (χ1v) is 4.70. The van der Waals surface area contributed by atoms with E-state index in [-0.39, 0.29) is 25.3 Å². The molecule has 5 heteroatoms. The minimum Gasteiger partial charge on any atom is -0.388 e. The van der Waals surface area contributed by atoms with E-state index < -0.39 is 18.2 Å². The zero-order chi connectivity index (χ0) is 11.4. The summed E-state index contributed by atoms with van der Waals surface area (Å²) in [7, 11) is 0. The molecule has 0 aliphatic carbocycles. The average molecular weight is 213 g/mol. The van der Waals surface area contributed by atoms with Crippen LogP contribution in [0.3, 0.4) is 0 Å². The Balaban J connectivity index is 3.97.